The predicted octanol–water partition coefficient (Wildman–Crippen LogP) is 2.89. The van der Waals surface area contributed by atoms with E-state index >= 15 is 0 Å². The molecule has 0 radical (unpaired) electrons. The second-order valence-corrected chi connectivity index (χ2v) is 4.89. The molecule has 1 N–H and O–H groups in total. The largest absolute Gasteiger partial charge is 0.507 e. The van der Waals surface area contributed by atoms with E-state index in [1.807, 2.05) is 0 Å². The number of benzene rings is 1. The van der Waals surface area contributed by atoms with Crippen molar-refractivity contribution in [2.75, 3.05) is 12.4 Å². The van der Waals surface area contributed by atoms with Crippen molar-refractivity contribution in [1.29, 1.82) is 0 Å². The van der Waals surface area contributed by atoms with Crippen molar-refractivity contribution in [3.05, 3.63) is 28.8 Å². The lowest BCUT2D eigenvalue weighted by molar-refractivity contribution is 0.0750. The summed E-state index contributed by atoms with van der Waals surface area (Å²) in [6, 6.07) is 4.74. The highest BCUT2D eigenvalue weighted by Crippen LogP contribution is 2.30. The molecule has 0 saturated heterocycles. The topological polar surface area (TPSA) is 40.5 Å². The van der Waals surface area contributed by atoms with Crippen LogP contribution in [0.1, 0.15) is 23.2 Å². The number of aromatic hydroxyl groups is 1. The van der Waals surface area contributed by atoms with Gasteiger partial charge in [-0.3, -0.25) is 4.79 Å². The van der Waals surface area contributed by atoms with Crippen molar-refractivity contribution in [3.63, 3.8) is 0 Å². The van der Waals surface area contributed by atoms with Crippen molar-refractivity contribution in [3.8, 4) is 5.75 Å². The third kappa shape index (κ3) is 2.85. The van der Waals surface area contributed by atoms with Crippen molar-refractivity contribution in [2.45, 2.75) is 18.9 Å². The second-order valence-electron chi connectivity index (χ2n) is 4.08. The molecule has 0 bridgehead atoms. The van der Waals surface area contributed by atoms with E-state index in [0.29, 0.717) is 17.4 Å². The fourth-order valence-electron chi connectivity index (χ4n) is 1.76. The number of phenols is 1. The summed E-state index contributed by atoms with van der Waals surface area (Å²) in [7, 11) is 0. The lowest BCUT2D eigenvalue weighted by Crippen LogP contribution is -2.34. The summed E-state index contributed by atoms with van der Waals surface area (Å²) in [6.07, 6.45) is 2.01. The average Bonchev–Trinajstić information content (AvgIpc) is 3.12. The molecule has 1 aliphatic rings. The molecule has 92 valence electrons. The Morgan fingerprint density at radius 1 is 1.47 bits per heavy atom. The van der Waals surface area contributed by atoms with E-state index in [9.17, 15) is 9.90 Å². The maximum absolute atomic E-state index is 12.2. The number of nitrogens with zero attached hydrogens (tertiary/aromatic N) is 1. The zero-order valence-corrected chi connectivity index (χ0v) is 10.7. The fraction of sp³-hybridized carbons (Fsp3) is 0.417. The molecule has 0 aliphatic heterocycles. The average molecular weight is 274 g/mol. The molecular formula is C12H13Cl2NO2. The summed E-state index contributed by atoms with van der Waals surface area (Å²) >= 11 is 11.5. The van der Waals surface area contributed by atoms with Gasteiger partial charge in [0.2, 0.25) is 0 Å². The molecule has 0 unspecified atom stereocenters. The van der Waals surface area contributed by atoms with E-state index in [1.165, 1.54) is 12.1 Å². The zero-order valence-electron chi connectivity index (χ0n) is 9.20. The van der Waals surface area contributed by atoms with Gasteiger partial charge in [-0.2, -0.15) is 0 Å². The van der Waals surface area contributed by atoms with Crippen molar-refractivity contribution >= 4 is 29.1 Å². The lowest BCUT2D eigenvalue weighted by atomic mass is 10.1. The standard InChI is InChI=1S/C12H13Cl2NO2/c13-5-6-15(9-2-3-9)12(17)10-7-8(14)1-4-11(10)16/h1,4,7,9,16H,2-3,5-6H2. The molecule has 1 fully saturated rings. The third-order valence-corrected chi connectivity index (χ3v) is 3.17. The molecule has 0 atom stereocenters. The minimum absolute atomic E-state index is 0.0420. The van der Waals surface area contributed by atoms with Crippen LogP contribution in [0.3, 0.4) is 0 Å². The number of hydrogen-bond donors (Lipinski definition) is 1. The molecular weight excluding hydrogens is 261 g/mol. The first-order chi connectivity index (χ1) is 8.13. The van der Waals surface area contributed by atoms with Crippen LogP contribution in [0.25, 0.3) is 0 Å². The molecule has 2 rings (SSSR count). The minimum atomic E-state index is -0.201. The van der Waals surface area contributed by atoms with Crippen LogP contribution in [-0.2, 0) is 0 Å². The molecule has 0 heterocycles. The van der Waals surface area contributed by atoms with Gasteiger partial charge in [0.05, 0.1) is 5.56 Å². The van der Waals surface area contributed by atoms with Gasteiger partial charge in [-0.1, -0.05) is 11.6 Å². The highest BCUT2D eigenvalue weighted by Gasteiger charge is 2.33. The van der Waals surface area contributed by atoms with E-state index in [0.717, 1.165) is 12.8 Å². The summed E-state index contributed by atoms with van der Waals surface area (Å²) < 4.78 is 0. The van der Waals surface area contributed by atoms with Crippen LogP contribution in [-0.4, -0.2) is 34.4 Å². The molecule has 0 spiro atoms. The Labute approximate surface area is 110 Å². The van der Waals surface area contributed by atoms with Crippen molar-refractivity contribution in [1.82, 2.24) is 4.90 Å². The number of amides is 1. The van der Waals surface area contributed by atoms with Crippen molar-refractivity contribution in [2.24, 2.45) is 0 Å². The van der Waals surface area contributed by atoms with Crippen LogP contribution in [0, 0.1) is 0 Å². The highest BCUT2D eigenvalue weighted by molar-refractivity contribution is 6.31. The van der Waals surface area contributed by atoms with Gasteiger partial charge in [-0.15, -0.1) is 11.6 Å². The molecule has 1 aliphatic carbocycles. The number of carbonyl (C=O) groups is 1. The molecule has 1 aromatic rings. The maximum Gasteiger partial charge on any atom is 0.257 e. The summed E-state index contributed by atoms with van der Waals surface area (Å²) in [5, 5.41) is 10.1. The van der Waals surface area contributed by atoms with E-state index in [4.69, 9.17) is 23.2 Å². The molecule has 17 heavy (non-hydrogen) atoms. The normalized spacial score (nSPS) is 14.7. The van der Waals surface area contributed by atoms with E-state index in [1.54, 1.807) is 11.0 Å². The Bertz CT molecular complexity index is 433. The Kier molecular flexibility index (Phi) is 3.79. The number of alkyl halides is 1. The lowest BCUT2D eigenvalue weighted by Gasteiger charge is -2.21. The SMILES string of the molecule is O=C(c1cc(Cl)ccc1O)N(CCCl)C1CC1. The summed E-state index contributed by atoms with van der Waals surface area (Å²) in [5.41, 5.74) is 0.245. The predicted molar refractivity (Wildman–Crippen MR) is 67.9 cm³/mol. The number of hydrogen-bond acceptors (Lipinski definition) is 2. The summed E-state index contributed by atoms with van der Waals surface area (Å²) in [5.74, 6) is 0.150. The zero-order chi connectivity index (χ0) is 12.4. The third-order valence-electron chi connectivity index (χ3n) is 2.76. The molecule has 0 aromatic heterocycles. The van der Waals surface area contributed by atoms with Crippen molar-refractivity contribution < 1.29 is 9.90 Å². The first-order valence-electron chi connectivity index (χ1n) is 5.49. The first-order valence-corrected chi connectivity index (χ1v) is 6.40. The number of rotatable bonds is 4. The number of carbonyl (C=O) groups excluding carboxylic acids is 1. The van der Waals surface area contributed by atoms with Crippen LogP contribution in [0.15, 0.2) is 18.2 Å². The number of phenolic OH excluding ortho intramolecular Hbond substituents is 1. The van der Waals surface area contributed by atoms with Crippen LogP contribution in [0.2, 0.25) is 5.02 Å². The molecule has 1 aromatic carbocycles. The minimum Gasteiger partial charge on any atom is -0.507 e. The van der Waals surface area contributed by atoms with Crippen LogP contribution in [0.4, 0.5) is 0 Å². The Morgan fingerprint density at radius 2 is 2.18 bits per heavy atom. The Morgan fingerprint density at radius 3 is 2.76 bits per heavy atom. The first kappa shape index (κ1) is 12.5. The molecule has 1 saturated carbocycles. The number of halogens is 2. The Hall–Kier alpha value is -0.930. The van der Waals surface area contributed by atoms with Gasteiger partial charge in [0.15, 0.2) is 0 Å². The molecule has 3 nitrogen and oxygen atoms in total. The monoisotopic (exact) mass is 273 g/mol. The quantitative estimate of drug-likeness (QED) is 0.857. The van der Waals surface area contributed by atoms with E-state index in [-0.39, 0.29) is 23.3 Å². The highest BCUT2D eigenvalue weighted by atomic mass is 35.5. The summed E-state index contributed by atoms with van der Waals surface area (Å²) in [6.45, 7) is 0.497. The van der Waals surface area contributed by atoms with Crippen LogP contribution >= 0.6 is 23.2 Å². The maximum atomic E-state index is 12.2. The van der Waals surface area contributed by atoms with Crippen LogP contribution < -0.4 is 0 Å². The van der Waals surface area contributed by atoms with Gasteiger partial charge in [-0.05, 0) is 31.0 Å². The second kappa shape index (κ2) is 5.15. The van der Waals surface area contributed by atoms with E-state index < -0.39 is 0 Å². The van der Waals surface area contributed by atoms with Gasteiger partial charge in [0.25, 0.3) is 5.91 Å². The smallest absolute Gasteiger partial charge is 0.257 e. The van der Waals surface area contributed by atoms with Gasteiger partial charge in [0.1, 0.15) is 5.75 Å². The van der Waals surface area contributed by atoms with Gasteiger partial charge < -0.3 is 10.0 Å². The van der Waals surface area contributed by atoms with Crippen LogP contribution in [0.5, 0.6) is 5.75 Å². The fourth-order valence-corrected chi connectivity index (χ4v) is 2.12. The molecule has 1 amide bonds. The van der Waals surface area contributed by atoms with E-state index in [2.05, 4.69) is 0 Å². The van der Waals surface area contributed by atoms with Gasteiger partial charge in [0, 0.05) is 23.5 Å². The molecule has 5 heteroatoms. The Balaban J connectivity index is 2.24. The van der Waals surface area contributed by atoms with Gasteiger partial charge in [-0.25, -0.2) is 0 Å². The van der Waals surface area contributed by atoms with Gasteiger partial charge >= 0.3 is 0 Å². The summed E-state index contributed by atoms with van der Waals surface area (Å²) in [4.78, 5) is 13.9.